The Morgan fingerprint density at radius 3 is 2.48 bits per heavy atom. The van der Waals surface area contributed by atoms with Gasteiger partial charge < -0.3 is 4.74 Å². The van der Waals surface area contributed by atoms with Gasteiger partial charge in [-0.1, -0.05) is 38.3 Å². The van der Waals surface area contributed by atoms with Crippen molar-refractivity contribution in [1.82, 2.24) is 9.62 Å². The van der Waals surface area contributed by atoms with Gasteiger partial charge in [-0.05, 0) is 24.1 Å². The molecule has 1 unspecified atom stereocenters. The second-order valence-electron chi connectivity index (χ2n) is 6.22. The third-order valence-corrected chi connectivity index (χ3v) is 6.47. The van der Waals surface area contributed by atoms with E-state index >= 15 is 0 Å². The fourth-order valence-corrected chi connectivity index (χ4v) is 4.57. The molecule has 0 amide bonds. The van der Waals surface area contributed by atoms with Crippen LogP contribution in [0.2, 0.25) is 5.02 Å². The van der Waals surface area contributed by atoms with Crippen molar-refractivity contribution in [2.24, 2.45) is 5.92 Å². The van der Waals surface area contributed by atoms with Crippen LogP contribution >= 0.6 is 11.6 Å². The average Bonchev–Trinajstić information content (AvgIpc) is 2.59. The lowest BCUT2D eigenvalue weighted by atomic mass is 9.92. The van der Waals surface area contributed by atoms with Crippen LogP contribution in [0.15, 0.2) is 23.1 Å². The van der Waals surface area contributed by atoms with Crippen LogP contribution in [0, 0.1) is 11.7 Å². The highest BCUT2D eigenvalue weighted by Crippen LogP contribution is 2.22. The molecule has 1 aromatic carbocycles. The normalized spacial score (nSPS) is 17.8. The minimum Gasteiger partial charge on any atom is -0.379 e. The van der Waals surface area contributed by atoms with Crippen molar-refractivity contribution in [2.75, 3.05) is 32.8 Å². The first kappa shape index (κ1) is 20.6. The SMILES string of the molecule is CCC(CC)C(CNS(=O)(=O)c1ccc(Cl)cc1F)N1CCOCC1. The Morgan fingerprint density at radius 1 is 1.28 bits per heavy atom. The zero-order valence-electron chi connectivity index (χ0n) is 14.7. The fraction of sp³-hybridized carbons (Fsp3) is 0.647. The molecule has 1 heterocycles. The number of benzene rings is 1. The zero-order valence-corrected chi connectivity index (χ0v) is 16.2. The molecule has 142 valence electrons. The standard InChI is InChI=1S/C17H26ClFN2O3S/c1-3-13(4-2)16(21-7-9-24-10-8-21)12-20-25(22,23)17-6-5-14(18)11-15(17)19/h5-6,11,13,16,20H,3-4,7-10,12H2,1-2H3. The summed E-state index contributed by atoms with van der Waals surface area (Å²) in [6, 6.07) is 3.64. The molecule has 0 spiro atoms. The Labute approximate surface area is 154 Å². The summed E-state index contributed by atoms with van der Waals surface area (Å²) in [6.45, 7) is 7.31. The number of nitrogens with zero attached hydrogens (tertiary/aromatic N) is 1. The van der Waals surface area contributed by atoms with E-state index in [1.807, 2.05) is 0 Å². The highest BCUT2D eigenvalue weighted by molar-refractivity contribution is 7.89. The van der Waals surface area contributed by atoms with Gasteiger partial charge in [0.2, 0.25) is 10.0 Å². The third-order valence-electron chi connectivity index (χ3n) is 4.77. The van der Waals surface area contributed by atoms with Gasteiger partial charge in [-0.3, -0.25) is 4.90 Å². The molecule has 1 atom stereocenters. The van der Waals surface area contributed by atoms with Gasteiger partial charge in [0.15, 0.2) is 0 Å². The van der Waals surface area contributed by atoms with Crippen LogP contribution in [0.4, 0.5) is 4.39 Å². The molecule has 8 heteroatoms. The summed E-state index contributed by atoms with van der Waals surface area (Å²) < 4.78 is 47.0. The van der Waals surface area contributed by atoms with Gasteiger partial charge in [0, 0.05) is 30.7 Å². The number of rotatable bonds is 8. The molecule has 0 bridgehead atoms. The van der Waals surface area contributed by atoms with Gasteiger partial charge in [0.25, 0.3) is 0 Å². The third kappa shape index (κ3) is 5.37. The fourth-order valence-electron chi connectivity index (χ4n) is 3.30. The Kier molecular flexibility index (Phi) is 7.64. The summed E-state index contributed by atoms with van der Waals surface area (Å²) in [7, 11) is -3.93. The first-order valence-electron chi connectivity index (χ1n) is 8.65. The van der Waals surface area contributed by atoms with Crippen molar-refractivity contribution in [1.29, 1.82) is 0 Å². The molecule has 0 aliphatic carbocycles. The molecule has 25 heavy (non-hydrogen) atoms. The van der Waals surface area contributed by atoms with Crippen LogP contribution in [0.3, 0.4) is 0 Å². The largest absolute Gasteiger partial charge is 0.379 e. The van der Waals surface area contributed by atoms with Gasteiger partial charge >= 0.3 is 0 Å². The number of halogens is 2. The summed E-state index contributed by atoms with van der Waals surface area (Å²) in [5, 5.41) is 0.166. The molecule has 1 aliphatic heterocycles. The van der Waals surface area contributed by atoms with Crippen molar-refractivity contribution >= 4 is 21.6 Å². The molecule has 2 rings (SSSR count). The van der Waals surface area contributed by atoms with Crippen LogP contribution in [0.25, 0.3) is 0 Å². The predicted molar refractivity (Wildman–Crippen MR) is 96.9 cm³/mol. The summed E-state index contributed by atoms with van der Waals surface area (Å²) in [6.07, 6.45) is 1.91. The number of hydrogen-bond donors (Lipinski definition) is 1. The quantitative estimate of drug-likeness (QED) is 0.739. The van der Waals surface area contributed by atoms with Gasteiger partial charge in [-0.15, -0.1) is 0 Å². The van der Waals surface area contributed by atoms with Crippen LogP contribution in [0.1, 0.15) is 26.7 Å². The van der Waals surface area contributed by atoms with Crippen molar-refractivity contribution < 1.29 is 17.5 Å². The molecule has 1 aromatic rings. The van der Waals surface area contributed by atoms with E-state index in [0.717, 1.165) is 32.0 Å². The molecule has 1 fully saturated rings. The first-order chi connectivity index (χ1) is 11.9. The number of ether oxygens (including phenoxy) is 1. The number of hydrogen-bond acceptors (Lipinski definition) is 4. The van der Waals surface area contributed by atoms with E-state index in [1.54, 1.807) is 0 Å². The molecular formula is C17H26ClFN2O3S. The molecule has 1 N–H and O–H groups in total. The molecule has 0 radical (unpaired) electrons. The second kappa shape index (κ2) is 9.28. The Bertz CT molecular complexity index is 662. The van der Waals surface area contributed by atoms with E-state index in [9.17, 15) is 12.8 Å². The lowest BCUT2D eigenvalue weighted by molar-refractivity contribution is 0.00297. The maximum atomic E-state index is 14.0. The highest BCUT2D eigenvalue weighted by Gasteiger charge is 2.29. The second-order valence-corrected chi connectivity index (χ2v) is 8.39. The maximum absolute atomic E-state index is 14.0. The van der Waals surface area contributed by atoms with E-state index in [4.69, 9.17) is 16.3 Å². The molecule has 1 aliphatic rings. The van der Waals surface area contributed by atoms with Gasteiger partial charge in [-0.25, -0.2) is 17.5 Å². The van der Waals surface area contributed by atoms with Crippen molar-refractivity contribution in [3.05, 3.63) is 29.0 Å². The summed E-state index contributed by atoms with van der Waals surface area (Å²) in [5.41, 5.74) is 0. The summed E-state index contributed by atoms with van der Waals surface area (Å²) in [5.74, 6) is -0.485. The van der Waals surface area contributed by atoms with Crippen LogP contribution in [-0.4, -0.2) is 52.2 Å². The van der Waals surface area contributed by atoms with E-state index in [0.29, 0.717) is 19.1 Å². The molecule has 5 nitrogen and oxygen atoms in total. The van der Waals surface area contributed by atoms with Gasteiger partial charge in [0.1, 0.15) is 10.7 Å². The smallest absolute Gasteiger partial charge is 0.243 e. The lowest BCUT2D eigenvalue weighted by Crippen LogP contribution is -2.52. The zero-order chi connectivity index (χ0) is 18.4. The first-order valence-corrected chi connectivity index (χ1v) is 10.5. The monoisotopic (exact) mass is 392 g/mol. The average molecular weight is 393 g/mol. The van der Waals surface area contributed by atoms with E-state index < -0.39 is 15.8 Å². The Morgan fingerprint density at radius 2 is 1.92 bits per heavy atom. The van der Waals surface area contributed by atoms with E-state index in [1.165, 1.54) is 12.1 Å². The van der Waals surface area contributed by atoms with Crippen LogP contribution in [-0.2, 0) is 14.8 Å². The van der Waals surface area contributed by atoms with Crippen LogP contribution < -0.4 is 4.72 Å². The van der Waals surface area contributed by atoms with Gasteiger partial charge in [0.05, 0.1) is 13.2 Å². The number of morpholine rings is 1. The number of sulfonamides is 1. The van der Waals surface area contributed by atoms with Crippen molar-refractivity contribution in [3.63, 3.8) is 0 Å². The van der Waals surface area contributed by atoms with E-state index in [2.05, 4.69) is 23.5 Å². The minimum atomic E-state index is -3.93. The van der Waals surface area contributed by atoms with Crippen LogP contribution in [0.5, 0.6) is 0 Å². The summed E-state index contributed by atoms with van der Waals surface area (Å²) in [4.78, 5) is 1.89. The Balaban J connectivity index is 2.15. The topological polar surface area (TPSA) is 58.6 Å². The summed E-state index contributed by atoms with van der Waals surface area (Å²) >= 11 is 5.70. The van der Waals surface area contributed by atoms with E-state index in [-0.39, 0.29) is 22.5 Å². The predicted octanol–water partition coefficient (Wildman–Crippen LogP) is 2.89. The highest BCUT2D eigenvalue weighted by atomic mass is 35.5. The molecule has 0 saturated carbocycles. The Hall–Kier alpha value is -0.730. The molecule has 1 saturated heterocycles. The van der Waals surface area contributed by atoms with Crippen molar-refractivity contribution in [3.8, 4) is 0 Å². The molecular weight excluding hydrogens is 367 g/mol. The lowest BCUT2D eigenvalue weighted by Gasteiger charge is -2.38. The molecule has 0 aromatic heterocycles. The maximum Gasteiger partial charge on any atom is 0.243 e. The van der Waals surface area contributed by atoms with Gasteiger partial charge in [-0.2, -0.15) is 0 Å². The number of nitrogens with one attached hydrogen (secondary N) is 1. The minimum absolute atomic E-state index is 0.0593. The van der Waals surface area contributed by atoms with Crippen molar-refractivity contribution in [2.45, 2.75) is 37.6 Å².